The highest BCUT2D eigenvalue weighted by atomic mass is 16.5. The summed E-state index contributed by atoms with van der Waals surface area (Å²) < 4.78 is 5.34. The summed E-state index contributed by atoms with van der Waals surface area (Å²) in [6.07, 6.45) is 3.23. The Kier molecular flexibility index (Phi) is 5.94. The molecule has 0 aromatic heterocycles. The predicted molar refractivity (Wildman–Crippen MR) is 90.7 cm³/mol. The first-order valence-electron chi connectivity index (χ1n) is 9.22. The number of likely N-dealkylation sites (tertiary alicyclic amines) is 2. The van der Waals surface area contributed by atoms with E-state index in [4.69, 9.17) is 4.74 Å². The molecule has 3 saturated heterocycles. The number of carbonyl (C=O) groups excluding carboxylic acids is 2. The quantitative estimate of drug-likeness (QED) is 0.799. The highest BCUT2D eigenvalue weighted by Gasteiger charge is 2.34. The van der Waals surface area contributed by atoms with Crippen molar-refractivity contribution in [3.8, 4) is 0 Å². The van der Waals surface area contributed by atoms with Gasteiger partial charge in [0.2, 0.25) is 5.91 Å². The van der Waals surface area contributed by atoms with Crippen LogP contribution in [0.1, 0.15) is 19.3 Å². The highest BCUT2D eigenvalue weighted by molar-refractivity contribution is 5.78. The van der Waals surface area contributed by atoms with Crippen LogP contribution in [-0.2, 0) is 9.53 Å². The van der Waals surface area contributed by atoms with Gasteiger partial charge in [-0.2, -0.15) is 0 Å². The third-order valence-electron chi connectivity index (χ3n) is 5.75. The lowest BCUT2D eigenvalue weighted by atomic mass is 9.84. The highest BCUT2D eigenvalue weighted by Crippen LogP contribution is 2.32. The van der Waals surface area contributed by atoms with E-state index in [2.05, 4.69) is 10.2 Å². The third kappa shape index (κ3) is 4.19. The maximum atomic E-state index is 12.5. The Labute approximate surface area is 144 Å². The molecule has 7 heteroatoms. The van der Waals surface area contributed by atoms with Crippen LogP contribution in [0.5, 0.6) is 0 Å². The molecule has 7 nitrogen and oxygen atoms in total. The van der Waals surface area contributed by atoms with Crippen molar-refractivity contribution in [2.24, 2.45) is 11.8 Å². The van der Waals surface area contributed by atoms with Gasteiger partial charge in [-0.15, -0.1) is 0 Å². The number of ether oxygens (including phenoxy) is 1. The van der Waals surface area contributed by atoms with Crippen LogP contribution >= 0.6 is 0 Å². The first-order valence-corrected chi connectivity index (χ1v) is 9.22. The average molecular weight is 338 g/mol. The average Bonchev–Trinajstić information content (AvgIpc) is 3.12. The first kappa shape index (κ1) is 17.5. The van der Waals surface area contributed by atoms with Crippen LogP contribution in [0.4, 0.5) is 4.79 Å². The molecule has 3 fully saturated rings. The predicted octanol–water partition coefficient (Wildman–Crippen LogP) is 0.219. The summed E-state index contributed by atoms with van der Waals surface area (Å²) in [5, 5.41) is 2.70. The summed E-state index contributed by atoms with van der Waals surface area (Å²) in [4.78, 5) is 30.3. The van der Waals surface area contributed by atoms with Gasteiger partial charge >= 0.3 is 6.03 Å². The Hall–Kier alpha value is -1.34. The summed E-state index contributed by atoms with van der Waals surface area (Å²) >= 11 is 0. The number of hydrogen-bond acceptors (Lipinski definition) is 4. The number of urea groups is 1. The molecule has 0 aromatic rings. The second kappa shape index (κ2) is 8.16. The van der Waals surface area contributed by atoms with Crippen LogP contribution in [0.15, 0.2) is 0 Å². The van der Waals surface area contributed by atoms with Crippen LogP contribution in [0.2, 0.25) is 0 Å². The van der Waals surface area contributed by atoms with Gasteiger partial charge in [0.05, 0.1) is 19.8 Å². The molecule has 24 heavy (non-hydrogen) atoms. The van der Waals surface area contributed by atoms with Crippen molar-refractivity contribution < 1.29 is 14.3 Å². The zero-order valence-electron chi connectivity index (χ0n) is 14.7. The summed E-state index contributed by atoms with van der Waals surface area (Å²) in [6, 6.07) is 0.0298. The Morgan fingerprint density at radius 2 is 1.58 bits per heavy atom. The molecular formula is C17H30N4O3. The monoisotopic (exact) mass is 338 g/mol. The minimum absolute atomic E-state index is 0.0298. The van der Waals surface area contributed by atoms with Crippen molar-refractivity contribution >= 4 is 11.9 Å². The molecule has 0 radical (unpaired) electrons. The molecule has 3 amide bonds. The number of rotatable bonds is 3. The standard InChI is InChI=1S/C17H30N4O3/c1-18-17(23)20-5-2-14(3-6-20)15-4-7-21(12-15)16(22)13-19-8-10-24-11-9-19/h14-15H,2-13H2,1H3,(H,18,23). The minimum Gasteiger partial charge on any atom is -0.379 e. The minimum atomic E-state index is 0.0298. The third-order valence-corrected chi connectivity index (χ3v) is 5.75. The summed E-state index contributed by atoms with van der Waals surface area (Å²) in [5.41, 5.74) is 0. The van der Waals surface area contributed by atoms with E-state index in [0.29, 0.717) is 18.4 Å². The fraction of sp³-hybridized carbons (Fsp3) is 0.882. The molecule has 3 aliphatic rings. The van der Waals surface area contributed by atoms with Crippen molar-refractivity contribution in [3.05, 3.63) is 0 Å². The second-order valence-electron chi connectivity index (χ2n) is 7.16. The van der Waals surface area contributed by atoms with Gasteiger partial charge in [0.25, 0.3) is 0 Å². The van der Waals surface area contributed by atoms with Crippen molar-refractivity contribution in [3.63, 3.8) is 0 Å². The van der Waals surface area contributed by atoms with E-state index in [0.717, 1.165) is 71.7 Å². The van der Waals surface area contributed by atoms with Crippen LogP contribution < -0.4 is 5.32 Å². The van der Waals surface area contributed by atoms with E-state index >= 15 is 0 Å². The van der Waals surface area contributed by atoms with E-state index in [9.17, 15) is 9.59 Å². The molecule has 3 aliphatic heterocycles. The lowest BCUT2D eigenvalue weighted by Crippen LogP contribution is -2.45. The van der Waals surface area contributed by atoms with Crippen LogP contribution in [-0.4, -0.2) is 92.7 Å². The number of amides is 3. The molecule has 0 aromatic carbocycles. The zero-order chi connectivity index (χ0) is 16.9. The maximum absolute atomic E-state index is 12.5. The van der Waals surface area contributed by atoms with E-state index < -0.39 is 0 Å². The number of hydrogen-bond donors (Lipinski definition) is 1. The fourth-order valence-electron chi connectivity index (χ4n) is 4.18. The molecule has 1 atom stereocenters. The molecule has 0 bridgehead atoms. The molecule has 1 N–H and O–H groups in total. The Morgan fingerprint density at radius 1 is 0.958 bits per heavy atom. The maximum Gasteiger partial charge on any atom is 0.317 e. The van der Waals surface area contributed by atoms with E-state index in [-0.39, 0.29) is 11.9 Å². The van der Waals surface area contributed by atoms with Crippen LogP contribution in [0.3, 0.4) is 0 Å². The van der Waals surface area contributed by atoms with Crippen molar-refractivity contribution in [2.45, 2.75) is 19.3 Å². The normalized spacial score (nSPS) is 26.6. The van der Waals surface area contributed by atoms with Gasteiger partial charge in [0, 0.05) is 46.3 Å². The molecule has 0 spiro atoms. The molecule has 1 unspecified atom stereocenters. The van der Waals surface area contributed by atoms with Gasteiger partial charge in [-0.3, -0.25) is 9.69 Å². The van der Waals surface area contributed by atoms with Crippen LogP contribution in [0, 0.1) is 11.8 Å². The van der Waals surface area contributed by atoms with Crippen molar-refractivity contribution in [1.82, 2.24) is 20.0 Å². The lowest BCUT2D eigenvalue weighted by Gasteiger charge is -2.34. The molecule has 0 aliphatic carbocycles. The van der Waals surface area contributed by atoms with Gasteiger partial charge in [0.1, 0.15) is 0 Å². The van der Waals surface area contributed by atoms with Crippen molar-refractivity contribution in [1.29, 1.82) is 0 Å². The van der Waals surface area contributed by atoms with Gasteiger partial charge in [0.15, 0.2) is 0 Å². The number of nitrogens with one attached hydrogen (secondary N) is 1. The van der Waals surface area contributed by atoms with E-state index in [1.54, 1.807) is 7.05 Å². The van der Waals surface area contributed by atoms with E-state index in [1.165, 1.54) is 0 Å². The van der Waals surface area contributed by atoms with Gasteiger partial charge < -0.3 is 19.9 Å². The number of carbonyl (C=O) groups is 2. The summed E-state index contributed by atoms with van der Waals surface area (Å²) in [6.45, 7) is 7.19. The Morgan fingerprint density at radius 3 is 2.25 bits per heavy atom. The molecule has 3 heterocycles. The van der Waals surface area contributed by atoms with Crippen LogP contribution in [0.25, 0.3) is 0 Å². The number of piperidine rings is 1. The second-order valence-corrected chi connectivity index (χ2v) is 7.16. The largest absolute Gasteiger partial charge is 0.379 e. The zero-order valence-corrected chi connectivity index (χ0v) is 14.7. The first-order chi connectivity index (χ1) is 11.7. The molecule has 0 saturated carbocycles. The summed E-state index contributed by atoms with van der Waals surface area (Å²) in [5.74, 6) is 1.51. The van der Waals surface area contributed by atoms with Crippen molar-refractivity contribution in [2.75, 3.05) is 66.1 Å². The molecule has 3 rings (SSSR count). The summed E-state index contributed by atoms with van der Waals surface area (Å²) in [7, 11) is 1.68. The molecular weight excluding hydrogens is 308 g/mol. The lowest BCUT2D eigenvalue weighted by molar-refractivity contribution is -0.132. The smallest absolute Gasteiger partial charge is 0.317 e. The fourth-order valence-corrected chi connectivity index (χ4v) is 4.18. The molecule has 136 valence electrons. The van der Waals surface area contributed by atoms with Gasteiger partial charge in [-0.25, -0.2) is 4.79 Å². The van der Waals surface area contributed by atoms with E-state index in [1.807, 2.05) is 9.80 Å². The Balaban J connectivity index is 1.42. The number of nitrogens with zero attached hydrogens (tertiary/aromatic N) is 3. The Bertz CT molecular complexity index is 445. The SMILES string of the molecule is CNC(=O)N1CCC(C2CCN(C(=O)CN3CCOCC3)C2)CC1. The number of morpholine rings is 1. The topological polar surface area (TPSA) is 65.1 Å². The van der Waals surface area contributed by atoms with Gasteiger partial charge in [-0.05, 0) is 31.1 Å². The van der Waals surface area contributed by atoms with Gasteiger partial charge in [-0.1, -0.05) is 0 Å².